The smallest absolute Gasteiger partial charge is 0.204 e. The quantitative estimate of drug-likeness (QED) is 0.640. The van der Waals surface area contributed by atoms with Gasteiger partial charge >= 0.3 is 0 Å². The van der Waals surface area contributed by atoms with E-state index in [1.54, 1.807) is 0 Å². The maximum absolute atomic E-state index is 6.36. The molecule has 0 N–H and O–H groups in total. The molecule has 0 unspecified atom stereocenters. The largest absolute Gasteiger partial charge is 0.312 e. The maximum atomic E-state index is 6.36. The highest BCUT2D eigenvalue weighted by Crippen LogP contribution is 2.37. The Morgan fingerprint density at radius 2 is 2.00 bits per heavy atom. The average molecular weight is 332 g/mol. The Morgan fingerprint density at radius 1 is 1.18 bits per heavy atom. The Balaban J connectivity index is 1.92. The van der Waals surface area contributed by atoms with E-state index < -0.39 is 0 Å². The molecule has 22 heavy (non-hydrogen) atoms. The summed E-state index contributed by atoms with van der Waals surface area (Å²) in [4.78, 5) is 10.9. The van der Waals surface area contributed by atoms with Crippen LogP contribution in [-0.2, 0) is 12.8 Å². The molecular weight excluding hydrogens is 314 g/mol. The highest BCUT2D eigenvalue weighted by Gasteiger charge is 2.20. The van der Waals surface area contributed by atoms with E-state index in [1.807, 2.05) is 11.3 Å². The van der Waals surface area contributed by atoms with Crippen molar-refractivity contribution in [1.29, 1.82) is 0 Å². The van der Waals surface area contributed by atoms with E-state index in [2.05, 4.69) is 41.6 Å². The third-order valence-electron chi connectivity index (χ3n) is 4.27. The number of halogens is 1. The molecule has 3 aromatic rings. The van der Waals surface area contributed by atoms with Gasteiger partial charge in [0.1, 0.15) is 10.5 Å². The van der Waals surface area contributed by atoms with E-state index in [9.17, 15) is 0 Å². The van der Waals surface area contributed by atoms with Crippen LogP contribution in [0.5, 0.6) is 0 Å². The van der Waals surface area contributed by atoms with Crippen LogP contribution in [0.15, 0.2) is 18.2 Å². The minimum atomic E-state index is 0.289. The van der Waals surface area contributed by atoms with Gasteiger partial charge < -0.3 is 4.57 Å². The van der Waals surface area contributed by atoms with Crippen LogP contribution in [0, 0.1) is 0 Å². The molecule has 5 heteroatoms. The summed E-state index contributed by atoms with van der Waals surface area (Å²) in [5.74, 6) is 0. The van der Waals surface area contributed by atoms with E-state index in [0.29, 0.717) is 5.28 Å². The molecule has 0 aliphatic heterocycles. The lowest BCUT2D eigenvalue weighted by Gasteiger charge is -2.09. The molecule has 2 heterocycles. The van der Waals surface area contributed by atoms with Gasteiger partial charge in [-0.1, -0.05) is 6.07 Å². The fourth-order valence-corrected chi connectivity index (χ4v) is 4.77. The van der Waals surface area contributed by atoms with Crippen LogP contribution in [0.1, 0.15) is 43.3 Å². The third kappa shape index (κ3) is 2.17. The van der Waals surface area contributed by atoms with Gasteiger partial charge in [0.2, 0.25) is 5.28 Å². The monoisotopic (exact) mass is 331 g/mol. The lowest BCUT2D eigenvalue weighted by atomic mass is 10.0. The molecule has 0 saturated carbocycles. The number of hydrogen-bond donors (Lipinski definition) is 0. The summed E-state index contributed by atoms with van der Waals surface area (Å²) in [7, 11) is 0. The van der Waals surface area contributed by atoms with Crippen molar-refractivity contribution in [3.05, 3.63) is 34.1 Å². The molecule has 0 atom stereocenters. The average Bonchev–Trinajstić information content (AvgIpc) is 3.06. The molecule has 0 saturated heterocycles. The number of nitrogens with zero attached hydrogens (tertiary/aromatic N) is 3. The van der Waals surface area contributed by atoms with E-state index >= 15 is 0 Å². The summed E-state index contributed by atoms with van der Waals surface area (Å²) in [6.07, 6.45) is 4.83. The van der Waals surface area contributed by atoms with Crippen molar-refractivity contribution in [2.45, 2.75) is 45.6 Å². The van der Waals surface area contributed by atoms with Gasteiger partial charge in [-0.05, 0) is 63.3 Å². The molecule has 0 spiro atoms. The van der Waals surface area contributed by atoms with E-state index in [0.717, 1.165) is 28.0 Å². The number of benzene rings is 1. The standard InChI is InChI=1S/C17H18ClN3S/c1-10(2)21-13-8-5-6-11(15(13)20-17(21)18)16-19-12-7-3-4-9-14(12)22-16/h5-6,8,10H,3-4,7,9H2,1-2H3. The maximum Gasteiger partial charge on any atom is 0.204 e. The van der Waals surface area contributed by atoms with Gasteiger partial charge in [0, 0.05) is 16.5 Å². The number of thiazole rings is 1. The topological polar surface area (TPSA) is 30.7 Å². The molecule has 1 aromatic carbocycles. The zero-order valence-electron chi connectivity index (χ0n) is 12.8. The normalized spacial score (nSPS) is 14.7. The summed E-state index contributed by atoms with van der Waals surface area (Å²) >= 11 is 8.18. The Kier molecular flexibility index (Phi) is 3.46. The predicted octanol–water partition coefficient (Wildman–Crippen LogP) is 5.27. The zero-order chi connectivity index (χ0) is 15.3. The fraction of sp³-hybridized carbons (Fsp3) is 0.412. The van der Waals surface area contributed by atoms with Gasteiger partial charge in [0.15, 0.2) is 0 Å². The van der Waals surface area contributed by atoms with E-state index in [-0.39, 0.29) is 6.04 Å². The third-order valence-corrected chi connectivity index (χ3v) is 5.73. The molecule has 0 bridgehead atoms. The molecule has 2 aromatic heterocycles. The van der Waals surface area contributed by atoms with Crippen molar-refractivity contribution in [2.24, 2.45) is 0 Å². The summed E-state index contributed by atoms with van der Waals surface area (Å²) in [6.45, 7) is 4.25. The van der Waals surface area contributed by atoms with Gasteiger partial charge in [0.05, 0.1) is 11.2 Å². The Bertz CT molecular complexity index is 824. The first-order valence-electron chi connectivity index (χ1n) is 7.80. The van der Waals surface area contributed by atoms with E-state index in [4.69, 9.17) is 16.6 Å². The van der Waals surface area contributed by atoms with Crippen LogP contribution < -0.4 is 0 Å². The number of rotatable bonds is 2. The van der Waals surface area contributed by atoms with Crippen molar-refractivity contribution in [1.82, 2.24) is 14.5 Å². The van der Waals surface area contributed by atoms with Crippen LogP contribution >= 0.6 is 22.9 Å². The molecule has 0 fully saturated rings. The Labute approximate surface area is 139 Å². The molecular formula is C17H18ClN3S. The molecule has 4 rings (SSSR count). The van der Waals surface area contributed by atoms with Crippen molar-refractivity contribution >= 4 is 34.0 Å². The number of hydrogen-bond acceptors (Lipinski definition) is 3. The summed E-state index contributed by atoms with van der Waals surface area (Å²) in [5, 5.41) is 1.64. The second-order valence-electron chi connectivity index (χ2n) is 6.11. The summed E-state index contributed by atoms with van der Waals surface area (Å²) in [6, 6.07) is 6.57. The lowest BCUT2D eigenvalue weighted by molar-refractivity contribution is 0.618. The first kappa shape index (κ1) is 14.2. The number of para-hydroxylation sites is 1. The highest BCUT2D eigenvalue weighted by molar-refractivity contribution is 7.15. The van der Waals surface area contributed by atoms with Gasteiger partial charge in [0.25, 0.3) is 0 Å². The van der Waals surface area contributed by atoms with Crippen LogP contribution in [0.25, 0.3) is 21.6 Å². The first-order valence-corrected chi connectivity index (χ1v) is 9.00. The molecule has 1 aliphatic rings. The number of fused-ring (bicyclic) bond motifs is 2. The molecule has 1 aliphatic carbocycles. The van der Waals surface area contributed by atoms with Crippen LogP contribution in [0.2, 0.25) is 5.28 Å². The number of aromatic nitrogens is 3. The van der Waals surface area contributed by atoms with Gasteiger partial charge in [-0.15, -0.1) is 11.3 Å². The van der Waals surface area contributed by atoms with E-state index in [1.165, 1.54) is 29.8 Å². The van der Waals surface area contributed by atoms with Crippen molar-refractivity contribution in [2.75, 3.05) is 0 Å². The highest BCUT2D eigenvalue weighted by atomic mass is 35.5. The zero-order valence-corrected chi connectivity index (χ0v) is 14.3. The Hall–Kier alpha value is -1.39. The number of imidazole rings is 1. The molecule has 0 radical (unpaired) electrons. The molecule has 0 amide bonds. The van der Waals surface area contributed by atoms with Crippen molar-refractivity contribution in [3.8, 4) is 10.6 Å². The molecule has 114 valence electrons. The van der Waals surface area contributed by atoms with Gasteiger partial charge in [-0.3, -0.25) is 0 Å². The minimum Gasteiger partial charge on any atom is -0.312 e. The summed E-state index contributed by atoms with van der Waals surface area (Å²) in [5.41, 5.74) is 4.45. The van der Waals surface area contributed by atoms with Crippen LogP contribution in [0.3, 0.4) is 0 Å². The Morgan fingerprint density at radius 3 is 2.77 bits per heavy atom. The summed E-state index contributed by atoms with van der Waals surface area (Å²) < 4.78 is 2.08. The first-order chi connectivity index (χ1) is 10.6. The van der Waals surface area contributed by atoms with Crippen LogP contribution in [-0.4, -0.2) is 14.5 Å². The minimum absolute atomic E-state index is 0.289. The van der Waals surface area contributed by atoms with Gasteiger partial charge in [-0.2, -0.15) is 0 Å². The van der Waals surface area contributed by atoms with Gasteiger partial charge in [-0.25, -0.2) is 9.97 Å². The van der Waals surface area contributed by atoms with Crippen molar-refractivity contribution in [3.63, 3.8) is 0 Å². The van der Waals surface area contributed by atoms with Crippen LogP contribution in [0.4, 0.5) is 0 Å². The fourth-order valence-electron chi connectivity index (χ4n) is 3.22. The van der Waals surface area contributed by atoms with Crippen molar-refractivity contribution < 1.29 is 0 Å². The predicted molar refractivity (Wildman–Crippen MR) is 92.9 cm³/mol. The SMILES string of the molecule is CC(C)n1c(Cl)nc2c(-c3nc4c(s3)CCCC4)cccc21. The second kappa shape index (κ2) is 5.36. The lowest BCUT2D eigenvalue weighted by Crippen LogP contribution is -2.00. The second-order valence-corrected chi connectivity index (χ2v) is 7.54. The number of aryl methyl sites for hydroxylation is 2. The molecule has 3 nitrogen and oxygen atoms in total.